The first-order valence-electron chi connectivity index (χ1n) is 24.6. The number of carboxylic acid groups (broad SMARTS) is 5. The van der Waals surface area contributed by atoms with Crippen LogP contribution in [-0.2, 0) is 38.2 Å². The molecule has 0 saturated heterocycles. The lowest BCUT2D eigenvalue weighted by atomic mass is 9.88. The summed E-state index contributed by atoms with van der Waals surface area (Å²) in [6.45, 7) is 17.4. The fourth-order valence-corrected chi connectivity index (χ4v) is 4.60. The Morgan fingerprint density at radius 3 is 1.19 bits per heavy atom. The fourth-order valence-electron chi connectivity index (χ4n) is 4.60. The van der Waals surface area contributed by atoms with Gasteiger partial charge in [0.25, 0.3) is 0 Å². The zero-order chi connectivity index (χ0) is 62.2. The van der Waals surface area contributed by atoms with E-state index in [1.165, 1.54) is 29.8 Å². The summed E-state index contributed by atoms with van der Waals surface area (Å²) in [5, 5.41) is 91.5. The summed E-state index contributed by atoms with van der Waals surface area (Å²) >= 11 is 0. The maximum absolute atomic E-state index is 10.8. The number of esters is 4. The van der Waals surface area contributed by atoms with Crippen LogP contribution in [0.2, 0.25) is 0 Å². The highest BCUT2D eigenvalue weighted by Gasteiger charge is 2.28. The van der Waals surface area contributed by atoms with Gasteiger partial charge in [-0.25, -0.2) is 33.6 Å². The van der Waals surface area contributed by atoms with Crippen molar-refractivity contribution in [1.82, 2.24) is 0 Å². The number of fused-ring (bicyclic) bond motifs is 1. The highest BCUT2D eigenvalue weighted by molar-refractivity contribution is 6.14. The van der Waals surface area contributed by atoms with Crippen LogP contribution < -0.4 is 0 Å². The Morgan fingerprint density at radius 1 is 0.512 bits per heavy atom. The fraction of sp³-hybridized carbons (Fsp3) is 0.386. The van der Waals surface area contributed by atoms with E-state index in [2.05, 4.69) is 40.5 Å². The molecule has 0 aromatic heterocycles. The number of unbranched alkanes of at least 4 members (excludes halogenated alkanes) is 5. The van der Waals surface area contributed by atoms with Crippen molar-refractivity contribution < 1.29 is 114 Å². The maximum Gasteiger partial charge on any atom is 0.346 e. The van der Waals surface area contributed by atoms with Crippen molar-refractivity contribution >= 4 is 59.8 Å². The number of ether oxygens (including phenoxy) is 3. The van der Waals surface area contributed by atoms with Crippen LogP contribution in [0.4, 0.5) is 0 Å². The summed E-state index contributed by atoms with van der Waals surface area (Å²) in [6, 6.07) is 21.8. The van der Waals surface area contributed by atoms with Crippen molar-refractivity contribution in [2.45, 2.75) is 84.5 Å². The number of hydrogen-bond donors (Lipinski definition) is 11. The van der Waals surface area contributed by atoms with Gasteiger partial charge in [-0.15, -0.1) is 0 Å². The van der Waals surface area contributed by atoms with Crippen LogP contribution in [0.5, 0.6) is 0 Å². The van der Waals surface area contributed by atoms with Crippen molar-refractivity contribution in [2.75, 3.05) is 52.9 Å². The Bertz CT molecular complexity index is 2130. The van der Waals surface area contributed by atoms with E-state index in [4.69, 9.17) is 56.2 Å². The summed E-state index contributed by atoms with van der Waals surface area (Å²) < 4.78 is 13.4. The molecule has 4 rings (SSSR count). The number of carbonyl (C=O) groups excluding carboxylic acids is 4. The minimum atomic E-state index is -1.13. The van der Waals surface area contributed by atoms with Gasteiger partial charge in [0.2, 0.25) is 0 Å². The normalized spacial score (nSPS) is 9.90. The molecule has 0 fully saturated rings. The van der Waals surface area contributed by atoms with E-state index < -0.39 is 53.2 Å². The van der Waals surface area contributed by atoms with Gasteiger partial charge < -0.3 is 70.4 Å². The SMILES string of the molecule is C=CC(=O)O.C=CC(=O)OCCCC.C=CC(=O)OCCO.C=Cc1ccccc1.CCC(CO)(CO)CO.O=C(O)CCCCC(=O)O.O=C(O)c1cccc(C(=O)O)c1.O=C1OC(=O)c2ccccc21.OCCCCCCO. The summed E-state index contributed by atoms with van der Waals surface area (Å²) in [7, 11) is 0. The zero-order valence-corrected chi connectivity index (χ0v) is 45.4. The van der Waals surface area contributed by atoms with Gasteiger partial charge in [-0.3, -0.25) is 9.59 Å². The second-order valence-corrected chi connectivity index (χ2v) is 15.6. The molecule has 3 aromatic carbocycles. The third-order valence-corrected chi connectivity index (χ3v) is 9.38. The number of rotatable bonds is 25. The molecular weight excluding hydrogens is 1050 g/mol. The maximum atomic E-state index is 10.8. The Hall–Kier alpha value is -8.19. The van der Waals surface area contributed by atoms with Crippen molar-refractivity contribution in [3.05, 3.63) is 151 Å². The third kappa shape index (κ3) is 49.4. The van der Waals surface area contributed by atoms with Gasteiger partial charge in [0, 0.05) is 49.7 Å². The first-order valence-corrected chi connectivity index (χ1v) is 24.6. The molecular formula is C57H80O23. The lowest BCUT2D eigenvalue weighted by Gasteiger charge is -2.24. The molecule has 1 aliphatic rings. The molecule has 11 N–H and O–H groups in total. The molecule has 0 saturated carbocycles. The van der Waals surface area contributed by atoms with Gasteiger partial charge in [-0.1, -0.05) is 114 Å². The molecule has 80 heavy (non-hydrogen) atoms. The molecule has 0 bridgehead atoms. The number of cyclic esters (lactones) is 2. The third-order valence-electron chi connectivity index (χ3n) is 9.38. The van der Waals surface area contributed by atoms with Crippen molar-refractivity contribution in [2.24, 2.45) is 5.41 Å². The van der Waals surface area contributed by atoms with Crippen LogP contribution in [0.1, 0.15) is 131 Å². The summed E-state index contributed by atoms with van der Waals surface area (Å²) in [5.41, 5.74) is 1.19. The second kappa shape index (κ2) is 55.6. The van der Waals surface area contributed by atoms with Crippen LogP contribution in [0.25, 0.3) is 6.08 Å². The highest BCUT2D eigenvalue weighted by Crippen LogP contribution is 2.19. The molecule has 23 heteroatoms. The molecule has 0 amide bonds. The summed E-state index contributed by atoms with van der Waals surface area (Å²) in [4.78, 5) is 91.9. The van der Waals surface area contributed by atoms with Crippen molar-refractivity contribution in [3.63, 3.8) is 0 Å². The van der Waals surface area contributed by atoms with Gasteiger partial charge in [-0.2, -0.15) is 0 Å². The highest BCUT2D eigenvalue weighted by atomic mass is 16.6. The van der Waals surface area contributed by atoms with Gasteiger partial charge >= 0.3 is 53.7 Å². The van der Waals surface area contributed by atoms with Crippen LogP contribution >= 0.6 is 0 Å². The van der Waals surface area contributed by atoms with E-state index in [1.54, 1.807) is 24.3 Å². The molecule has 0 aliphatic carbocycles. The summed E-state index contributed by atoms with van der Waals surface area (Å²) in [6.07, 6.45) is 12.3. The molecule has 1 aliphatic heterocycles. The largest absolute Gasteiger partial charge is 0.481 e. The molecule has 446 valence electrons. The number of aromatic carboxylic acids is 2. The Kier molecular flexibility index (Phi) is 56.0. The van der Waals surface area contributed by atoms with E-state index >= 15 is 0 Å². The van der Waals surface area contributed by atoms with Crippen LogP contribution in [-0.4, -0.2) is 163 Å². The monoisotopic (exact) mass is 1130 g/mol. The molecule has 1 heterocycles. The van der Waals surface area contributed by atoms with Crippen LogP contribution in [0, 0.1) is 5.41 Å². The van der Waals surface area contributed by atoms with Crippen LogP contribution in [0.15, 0.2) is 123 Å². The number of aliphatic hydroxyl groups is 6. The Labute approximate surface area is 466 Å². The van der Waals surface area contributed by atoms with Crippen molar-refractivity contribution in [3.8, 4) is 0 Å². The van der Waals surface area contributed by atoms with Gasteiger partial charge in [0.15, 0.2) is 0 Å². The smallest absolute Gasteiger partial charge is 0.346 e. The lowest BCUT2D eigenvalue weighted by molar-refractivity contribution is -0.139. The Morgan fingerprint density at radius 2 is 0.912 bits per heavy atom. The van der Waals surface area contributed by atoms with Gasteiger partial charge in [0.1, 0.15) is 6.61 Å². The molecule has 0 unspecified atom stereocenters. The second-order valence-electron chi connectivity index (χ2n) is 15.6. The number of carboxylic acids is 5. The molecule has 23 nitrogen and oxygen atoms in total. The van der Waals surface area contributed by atoms with Crippen molar-refractivity contribution in [1.29, 1.82) is 0 Å². The van der Waals surface area contributed by atoms with E-state index in [0.717, 1.165) is 56.7 Å². The number of carbonyl (C=O) groups is 9. The molecule has 0 atom stereocenters. The van der Waals surface area contributed by atoms with E-state index in [1.807, 2.05) is 50.3 Å². The minimum absolute atomic E-state index is 0.0186. The predicted molar refractivity (Wildman–Crippen MR) is 296 cm³/mol. The topological polar surface area (TPSA) is 404 Å². The number of hydrogen-bond acceptors (Lipinski definition) is 18. The zero-order valence-electron chi connectivity index (χ0n) is 45.4. The number of aliphatic hydroxyl groups excluding tert-OH is 6. The number of aliphatic carboxylic acids is 3. The van der Waals surface area contributed by atoms with Crippen LogP contribution in [0.3, 0.4) is 0 Å². The first-order chi connectivity index (χ1) is 38.0. The number of benzene rings is 3. The average molecular weight is 1130 g/mol. The molecule has 3 aromatic rings. The Balaban J connectivity index is -0.000000266. The van der Waals surface area contributed by atoms with Gasteiger partial charge in [0.05, 0.1) is 55.3 Å². The predicted octanol–water partition coefficient (Wildman–Crippen LogP) is 6.50. The average Bonchev–Trinajstić information content (AvgIpc) is 3.76. The molecule has 0 radical (unpaired) electrons. The minimum Gasteiger partial charge on any atom is -0.481 e. The first kappa shape index (κ1) is 80.7. The summed E-state index contributed by atoms with van der Waals surface area (Å²) in [5.74, 6) is -6.91. The van der Waals surface area contributed by atoms with Gasteiger partial charge in [-0.05, 0) is 74.4 Å². The quantitative estimate of drug-likeness (QED) is 0.0142. The van der Waals surface area contributed by atoms with E-state index in [0.29, 0.717) is 37.0 Å². The molecule has 0 spiro atoms. The van der Waals surface area contributed by atoms with E-state index in [-0.39, 0.29) is 76.2 Å². The van der Waals surface area contributed by atoms with E-state index in [9.17, 15) is 43.2 Å². The standard InChI is InChI=1S/C8H6O4.C8H4O3.C8H8.C7H12O2.C6H10O4.C6H14O3.C6H14O2.C5H8O3.C3H4O2/c9-7(10)5-2-1-3-6(4-5)8(11)12;9-7-5-3-1-2-4-6(5)8(10)11-7;1-2-8-6-4-3-5-7-8;1-3-5-6-9-7(8)4-2;7-5(8)3-1-2-4-6(9)10;1-2-6(3-7,4-8)5-9;7-5-3-1-2-4-6-8;1-2-5(7)8-4-3-6;1-2-3(4)5/h1-4H,(H,9,10)(H,11,12);1-4H;2-7H,1H2;4H,2-3,5-6H2,1H3;1-4H2,(H,7,8)(H,9,10);7-9H,2-5H2,1H3;7-8H,1-6H2;2,6H,1,3-4H2;2H,1H2,(H,4,5). The lowest BCUT2D eigenvalue weighted by Crippen LogP contribution is -2.32.